The first-order chi connectivity index (χ1) is 8.72. The average molecular weight is 265 g/mol. The predicted octanol–water partition coefficient (Wildman–Crippen LogP) is 2.03. The zero-order chi connectivity index (χ0) is 13.2. The van der Waals surface area contributed by atoms with Crippen molar-refractivity contribution in [2.24, 2.45) is 15.9 Å². The molecule has 0 radical (unpaired) electrons. The lowest BCUT2D eigenvalue weighted by molar-refractivity contribution is -0.141. The fourth-order valence-corrected chi connectivity index (χ4v) is 1.69. The van der Waals surface area contributed by atoms with Gasteiger partial charge >= 0.3 is 5.97 Å². The van der Waals surface area contributed by atoms with Crippen molar-refractivity contribution in [3.63, 3.8) is 0 Å². The average Bonchev–Trinajstić information content (AvgIpc) is 2.36. The van der Waals surface area contributed by atoms with Gasteiger partial charge in [-0.15, -0.1) is 5.10 Å². The van der Waals surface area contributed by atoms with Crippen molar-refractivity contribution < 1.29 is 9.53 Å². The normalized spacial score (nSPS) is 11.7. The van der Waals surface area contributed by atoms with Gasteiger partial charge in [-0.1, -0.05) is 30.0 Å². The van der Waals surface area contributed by atoms with Gasteiger partial charge in [-0.3, -0.25) is 4.79 Å². The van der Waals surface area contributed by atoms with Gasteiger partial charge in [0.05, 0.1) is 13.0 Å². The van der Waals surface area contributed by atoms with Crippen LogP contribution < -0.4 is 5.73 Å². The summed E-state index contributed by atoms with van der Waals surface area (Å²) in [4.78, 5) is 12.0. The fourth-order valence-electron chi connectivity index (χ4n) is 1.06. The number of hydrogen-bond acceptors (Lipinski definition) is 5. The quantitative estimate of drug-likeness (QED) is 0.290. The molecule has 0 amide bonds. The van der Waals surface area contributed by atoms with Crippen LogP contribution >= 0.6 is 11.8 Å². The molecule has 0 aliphatic rings. The summed E-state index contributed by atoms with van der Waals surface area (Å²) in [5, 5.41) is 7.80. The third-order valence-electron chi connectivity index (χ3n) is 1.77. The topological polar surface area (TPSA) is 77.0 Å². The lowest BCUT2D eigenvalue weighted by atomic mass is 10.4. The molecule has 0 aliphatic carbocycles. The smallest absolute Gasteiger partial charge is 0.311 e. The number of amidine groups is 1. The Balaban J connectivity index is 2.38. The summed E-state index contributed by atoms with van der Waals surface area (Å²) >= 11 is 1.31. The summed E-state index contributed by atoms with van der Waals surface area (Å²) in [7, 11) is 0. The Morgan fingerprint density at radius 3 is 2.83 bits per heavy atom. The highest BCUT2D eigenvalue weighted by Crippen LogP contribution is 2.16. The highest BCUT2D eigenvalue weighted by Gasteiger charge is 1.98. The van der Waals surface area contributed by atoms with Gasteiger partial charge in [0.25, 0.3) is 0 Å². The van der Waals surface area contributed by atoms with Crippen LogP contribution in [0.5, 0.6) is 0 Å². The molecule has 0 atom stereocenters. The van der Waals surface area contributed by atoms with E-state index in [0.717, 1.165) is 4.90 Å². The summed E-state index contributed by atoms with van der Waals surface area (Å²) in [5.41, 5.74) is 5.66. The zero-order valence-electron chi connectivity index (χ0n) is 10.1. The molecular weight excluding hydrogens is 250 g/mol. The Bertz CT molecular complexity index is 432. The van der Waals surface area contributed by atoms with Gasteiger partial charge in [0.2, 0.25) is 0 Å². The summed E-state index contributed by atoms with van der Waals surface area (Å²) < 4.78 is 4.73. The van der Waals surface area contributed by atoms with Gasteiger partial charge in [0, 0.05) is 11.1 Å². The van der Waals surface area contributed by atoms with Crippen molar-refractivity contribution >= 4 is 29.1 Å². The maximum Gasteiger partial charge on any atom is 0.311 e. The molecule has 0 aromatic heterocycles. The largest absolute Gasteiger partial charge is 0.466 e. The number of nitrogens with two attached hydrogens (primary N) is 1. The van der Waals surface area contributed by atoms with E-state index in [-0.39, 0.29) is 12.4 Å². The molecule has 2 N–H and O–H groups in total. The Labute approximate surface area is 110 Å². The molecule has 0 fully saturated rings. The van der Waals surface area contributed by atoms with Gasteiger partial charge < -0.3 is 10.5 Å². The minimum atomic E-state index is -0.328. The molecule has 0 saturated heterocycles. The second-order valence-corrected chi connectivity index (χ2v) is 4.25. The van der Waals surface area contributed by atoms with Crippen molar-refractivity contribution in [3.8, 4) is 0 Å². The minimum absolute atomic E-state index is 0.0978. The van der Waals surface area contributed by atoms with Crippen LogP contribution in [0.1, 0.15) is 13.3 Å². The number of esters is 1. The highest BCUT2D eigenvalue weighted by atomic mass is 32.2. The first-order valence-corrected chi connectivity index (χ1v) is 6.27. The standard InChI is InChI=1S/C12H15N3O2S/c1-2-17-11(16)8-9-14-15-12(13)18-10-6-4-3-5-7-10/h3-7,9H,2,8H2,1H3,(H2,13,15). The van der Waals surface area contributed by atoms with Crippen molar-refractivity contribution in [1.29, 1.82) is 0 Å². The molecule has 0 spiro atoms. The first-order valence-electron chi connectivity index (χ1n) is 5.46. The number of benzene rings is 1. The van der Waals surface area contributed by atoms with Crippen molar-refractivity contribution in [3.05, 3.63) is 30.3 Å². The predicted molar refractivity (Wildman–Crippen MR) is 73.7 cm³/mol. The molecular formula is C12H15N3O2S. The Morgan fingerprint density at radius 1 is 1.44 bits per heavy atom. The first kappa shape index (κ1) is 14.2. The van der Waals surface area contributed by atoms with Gasteiger partial charge in [0.1, 0.15) is 0 Å². The third kappa shape index (κ3) is 6.05. The number of rotatable bonds is 5. The van der Waals surface area contributed by atoms with E-state index in [1.807, 2.05) is 30.3 Å². The molecule has 0 unspecified atom stereocenters. The molecule has 96 valence electrons. The van der Waals surface area contributed by atoms with Crippen molar-refractivity contribution in [1.82, 2.24) is 0 Å². The summed E-state index contributed by atoms with van der Waals surface area (Å²) in [6, 6.07) is 9.61. The van der Waals surface area contributed by atoms with E-state index in [9.17, 15) is 4.79 Å². The molecule has 18 heavy (non-hydrogen) atoms. The van der Waals surface area contributed by atoms with E-state index in [1.54, 1.807) is 6.92 Å². The molecule has 1 aromatic carbocycles. The lowest BCUT2D eigenvalue weighted by Crippen LogP contribution is -2.06. The van der Waals surface area contributed by atoms with Crippen LogP contribution in [0.3, 0.4) is 0 Å². The van der Waals surface area contributed by atoms with E-state index in [0.29, 0.717) is 11.8 Å². The monoisotopic (exact) mass is 265 g/mol. The second-order valence-electron chi connectivity index (χ2n) is 3.16. The Kier molecular flexibility index (Phi) is 6.56. The van der Waals surface area contributed by atoms with Gasteiger partial charge in [-0.2, -0.15) is 5.10 Å². The van der Waals surface area contributed by atoms with Gasteiger partial charge in [-0.25, -0.2) is 0 Å². The SMILES string of the molecule is CCOC(=O)CC=NN=C(N)Sc1ccccc1. The number of carbonyl (C=O) groups excluding carboxylic acids is 1. The van der Waals surface area contributed by atoms with E-state index < -0.39 is 0 Å². The number of thioether (sulfide) groups is 1. The number of hydrogen-bond donors (Lipinski definition) is 1. The van der Waals surface area contributed by atoms with Gasteiger partial charge in [-0.05, 0) is 19.1 Å². The van der Waals surface area contributed by atoms with Crippen molar-refractivity contribution in [2.45, 2.75) is 18.2 Å². The minimum Gasteiger partial charge on any atom is -0.466 e. The lowest BCUT2D eigenvalue weighted by Gasteiger charge is -1.97. The number of carbonyl (C=O) groups is 1. The van der Waals surface area contributed by atoms with Crippen LogP contribution in [0, 0.1) is 0 Å². The number of ether oxygens (including phenoxy) is 1. The van der Waals surface area contributed by atoms with E-state index in [2.05, 4.69) is 10.2 Å². The van der Waals surface area contributed by atoms with Crippen LogP contribution in [-0.4, -0.2) is 24.0 Å². The molecule has 5 nitrogen and oxygen atoms in total. The molecule has 0 saturated carbocycles. The molecule has 6 heteroatoms. The van der Waals surface area contributed by atoms with Crippen LogP contribution in [-0.2, 0) is 9.53 Å². The van der Waals surface area contributed by atoms with E-state index in [1.165, 1.54) is 18.0 Å². The maximum absolute atomic E-state index is 11.0. The maximum atomic E-state index is 11.0. The van der Waals surface area contributed by atoms with Crippen molar-refractivity contribution in [2.75, 3.05) is 6.61 Å². The van der Waals surface area contributed by atoms with Crippen LogP contribution in [0.2, 0.25) is 0 Å². The summed E-state index contributed by atoms with van der Waals surface area (Å²) in [6.07, 6.45) is 1.47. The Hall–Kier alpha value is -1.82. The molecule has 0 bridgehead atoms. The molecule has 1 rings (SSSR count). The van der Waals surface area contributed by atoms with E-state index >= 15 is 0 Å². The third-order valence-corrected chi connectivity index (χ3v) is 2.57. The number of nitrogens with zero attached hydrogens (tertiary/aromatic N) is 2. The molecule has 1 aromatic rings. The Morgan fingerprint density at radius 2 is 2.17 bits per heavy atom. The van der Waals surface area contributed by atoms with E-state index in [4.69, 9.17) is 10.5 Å². The fraction of sp³-hybridized carbons (Fsp3) is 0.250. The molecule has 0 aliphatic heterocycles. The van der Waals surface area contributed by atoms with Crippen LogP contribution in [0.4, 0.5) is 0 Å². The summed E-state index contributed by atoms with van der Waals surface area (Å²) in [5.74, 6) is -0.328. The van der Waals surface area contributed by atoms with Crippen LogP contribution in [0.15, 0.2) is 45.4 Å². The highest BCUT2D eigenvalue weighted by molar-refractivity contribution is 8.13. The van der Waals surface area contributed by atoms with Crippen LogP contribution in [0.25, 0.3) is 0 Å². The molecule has 0 heterocycles. The summed E-state index contributed by atoms with van der Waals surface area (Å²) in [6.45, 7) is 2.11. The van der Waals surface area contributed by atoms with Gasteiger partial charge in [0.15, 0.2) is 5.17 Å². The zero-order valence-corrected chi connectivity index (χ0v) is 10.9. The second kappa shape index (κ2) is 8.30.